The summed E-state index contributed by atoms with van der Waals surface area (Å²) in [4.78, 5) is 4.52. The first kappa shape index (κ1) is 12.5. The van der Waals surface area contributed by atoms with Crippen LogP contribution in [0.15, 0.2) is 5.16 Å². The van der Waals surface area contributed by atoms with Gasteiger partial charge in [-0.25, -0.2) is 0 Å². The summed E-state index contributed by atoms with van der Waals surface area (Å²) >= 11 is 1.68. The van der Waals surface area contributed by atoms with Gasteiger partial charge in [-0.05, 0) is 12.7 Å². The third-order valence-electron chi connectivity index (χ3n) is 0.573. The number of rotatable bonds is 2. The van der Waals surface area contributed by atoms with Gasteiger partial charge in [0.1, 0.15) is 12.2 Å². The maximum absolute atomic E-state index is 4.52. The summed E-state index contributed by atoms with van der Waals surface area (Å²) in [6.45, 7) is 8.01. The van der Waals surface area contributed by atoms with Gasteiger partial charge in [0.05, 0.1) is 0 Å². The average molecular weight is 163 g/mol. The van der Waals surface area contributed by atoms with E-state index in [1.165, 1.54) is 0 Å². The minimum absolute atomic E-state index is 0.981. The summed E-state index contributed by atoms with van der Waals surface area (Å²) in [6, 6.07) is 0. The molecule has 62 valence electrons. The molecule has 0 saturated carbocycles. The topological polar surface area (TPSA) is 21.6 Å². The number of nitrogens with zero attached hydrogens (tertiary/aromatic N) is 1. The molecule has 0 fully saturated rings. The molecular formula is C7H17NOS. The molecule has 0 amide bonds. The second kappa shape index (κ2) is 11.6. The van der Waals surface area contributed by atoms with Crippen LogP contribution < -0.4 is 0 Å². The Kier molecular flexibility index (Phi) is 14.5. The van der Waals surface area contributed by atoms with Crippen molar-refractivity contribution >= 4 is 16.8 Å². The largest absolute Gasteiger partial charge is 0.399 e. The summed E-state index contributed by atoms with van der Waals surface area (Å²) in [5.41, 5.74) is 0. The molecule has 0 bridgehead atoms. The van der Waals surface area contributed by atoms with Gasteiger partial charge in [0.25, 0.3) is 0 Å². The number of hydrogen-bond donors (Lipinski definition) is 0. The zero-order valence-corrected chi connectivity index (χ0v) is 8.29. The highest BCUT2D eigenvalue weighted by molar-refractivity contribution is 8.13. The lowest BCUT2D eigenvalue weighted by Gasteiger charge is -1.92. The maximum Gasteiger partial charge on any atom is 0.109 e. The summed E-state index contributed by atoms with van der Waals surface area (Å²) < 4.78 is 0. The third kappa shape index (κ3) is 10.7. The Morgan fingerprint density at radius 1 is 1.50 bits per heavy atom. The van der Waals surface area contributed by atoms with Gasteiger partial charge in [-0.3, -0.25) is 0 Å². The van der Waals surface area contributed by atoms with Crippen molar-refractivity contribution in [3.63, 3.8) is 0 Å². The highest BCUT2D eigenvalue weighted by Crippen LogP contribution is 2.01. The SMILES string of the molecule is CC.CCS/C(C)=N\OC. The maximum atomic E-state index is 4.52. The fourth-order valence-corrected chi connectivity index (χ4v) is 0.909. The van der Waals surface area contributed by atoms with Crippen LogP contribution in [0.4, 0.5) is 0 Å². The molecule has 0 aromatic carbocycles. The molecule has 2 nitrogen and oxygen atoms in total. The summed E-state index contributed by atoms with van der Waals surface area (Å²) in [5.74, 6) is 1.05. The van der Waals surface area contributed by atoms with E-state index in [0.717, 1.165) is 10.8 Å². The molecule has 10 heavy (non-hydrogen) atoms. The lowest BCUT2D eigenvalue weighted by Crippen LogP contribution is -1.84. The van der Waals surface area contributed by atoms with Crippen molar-refractivity contribution < 1.29 is 4.84 Å². The molecule has 0 N–H and O–H groups in total. The van der Waals surface area contributed by atoms with Crippen LogP contribution in [-0.2, 0) is 4.84 Å². The van der Waals surface area contributed by atoms with E-state index in [0.29, 0.717) is 0 Å². The van der Waals surface area contributed by atoms with Crippen molar-refractivity contribution in [1.82, 2.24) is 0 Å². The third-order valence-corrected chi connectivity index (χ3v) is 1.35. The van der Waals surface area contributed by atoms with Crippen LogP contribution >= 0.6 is 11.8 Å². The fraction of sp³-hybridized carbons (Fsp3) is 0.857. The van der Waals surface area contributed by atoms with Gasteiger partial charge in [-0.1, -0.05) is 25.9 Å². The Morgan fingerprint density at radius 3 is 2.30 bits per heavy atom. The first-order valence-corrected chi connectivity index (χ1v) is 4.50. The minimum atomic E-state index is 0.981. The highest BCUT2D eigenvalue weighted by Gasteiger charge is 1.85. The quantitative estimate of drug-likeness (QED) is 0.354. The fourth-order valence-electron chi connectivity index (χ4n) is 0.364. The summed E-state index contributed by atoms with van der Waals surface area (Å²) in [5, 5.41) is 4.68. The van der Waals surface area contributed by atoms with Gasteiger partial charge in [0, 0.05) is 0 Å². The molecule has 0 aliphatic carbocycles. The van der Waals surface area contributed by atoms with Gasteiger partial charge in [0.2, 0.25) is 0 Å². The summed E-state index contributed by atoms with van der Waals surface area (Å²) in [7, 11) is 1.56. The Morgan fingerprint density at radius 2 is 2.00 bits per heavy atom. The molecule has 0 aromatic rings. The minimum Gasteiger partial charge on any atom is -0.399 e. The molecule has 0 aliphatic heterocycles. The zero-order valence-electron chi connectivity index (χ0n) is 7.47. The second-order valence-electron chi connectivity index (χ2n) is 1.23. The molecule has 3 heteroatoms. The molecule has 0 aromatic heterocycles. The van der Waals surface area contributed by atoms with Crippen molar-refractivity contribution in [3.05, 3.63) is 0 Å². The van der Waals surface area contributed by atoms with Crippen LogP contribution in [0.2, 0.25) is 0 Å². The van der Waals surface area contributed by atoms with Crippen molar-refractivity contribution in [2.75, 3.05) is 12.9 Å². The standard InChI is InChI=1S/C5H11NOS.C2H6/c1-4-8-5(2)6-7-3;1-2/h4H2,1-3H3;1-2H3/b6-5-;. The van der Waals surface area contributed by atoms with Crippen LogP contribution in [0, 0.1) is 0 Å². The zero-order chi connectivity index (χ0) is 8.41. The van der Waals surface area contributed by atoms with E-state index < -0.39 is 0 Å². The smallest absolute Gasteiger partial charge is 0.109 e. The van der Waals surface area contributed by atoms with E-state index in [1.54, 1.807) is 18.9 Å². The van der Waals surface area contributed by atoms with E-state index in [-0.39, 0.29) is 0 Å². The van der Waals surface area contributed by atoms with Crippen LogP contribution in [0.25, 0.3) is 0 Å². The van der Waals surface area contributed by atoms with Crippen LogP contribution in [0.1, 0.15) is 27.7 Å². The molecule has 0 heterocycles. The van der Waals surface area contributed by atoms with Crippen molar-refractivity contribution in [3.8, 4) is 0 Å². The predicted molar refractivity (Wildman–Crippen MR) is 49.6 cm³/mol. The normalized spacial score (nSPS) is 9.90. The van der Waals surface area contributed by atoms with Gasteiger partial charge in [-0.2, -0.15) is 0 Å². The van der Waals surface area contributed by atoms with E-state index in [2.05, 4.69) is 16.9 Å². The van der Waals surface area contributed by atoms with E-state index >= 15 is 0 Å². The Bertz CT molecular complexity index is 83.7. The van der Waals surface area contributed by atoms with E-state index in [4.69, 9.17) is 0 Å². The second-order valence-corrected chi connectivity index (χ2v) is 2.68. The van der Waals surface area contributed by atoms with Gasteiger partial charge in [0.15, 0.2) is 0 Å². The first-order valence-electron chi connectivity index (χ1n) is 3.51. The van der Waals surface area contributed by atoms with Crippen LogP contribution in [0.5, 0.6) is 0 Å². The number of oxime groups is 1. The van der Waals surface area contributed by atoms with Crippen LogP contribution in [-0.4, -0.2) is 17.9 Å². The molecule has 0 rings (SSSR count). The Hall–Kier alpha value is -0.180. The van der Waals surface area contributed by atoms with Gasteiger partial charge in [-0.15, -0.1) is 11.8 Å². The molecule has 0 atom stereocenters. The van der Waals surface area contributed by atoms with Crippen molar-refractivity contribution in [2.24, 2.45) is 5.16 Å². The van der Waals surface area contributed by atoms with Crippen molar-refractivity contribution in [2.45, 2.75) is 27.7 Å². The molecule has 0 spiro atoms. The lowest BCUT2D eigenvalue weighted by atomic mass is 10.9. The highest BCUT2D eigenvalue weighted by atomic mass is 32.2. The van der Waals surface area contributed by atoms with Gasteiger partial charge < -0.3 is 4.84 Å². The summed E-state index contributed by atoms with van der Waals surface area (Å²) in [6.07, 6.45) is 0. The monoisotopic (exact) mass is 163 g/mol. The molecule has 0 unspecified atom stereocenters. The first-order chi connectivity index (χ1) is 4.81. The van der Waals surface area contributed by atoms with Crippen LogP contribution in [0.3, 0.4) is 0 Å². The van der Waals surface area contributed by atoms with Crippen molar-refractivity contribution in [1.29, 1.82) is 0 Å². The molecule has 0 saturated heterocycles. The predicted octanol–water partition coefficient (Wildman–Crippen LogP) is 2.75. The molecular weight excluding hydrogens is 146 g/mol. The molecule has 0 radical (unpaired) electrons. The van der Waals surface area contributed by atoms with E-state index in [1.807, 2.05) is 20.8 Å². The average Bonchev–Trinajstić information content (AvgIpc) is 1.93. The Labute approximate surface area is 68.0 Å². The van der Waals surface area contributed by atoms with E-state index in [9.17, 15) is 0 Å². The lowest BCUT2D eigenvalue weighted by molar-refractivity contribution is 0.214. The Balaban J connectivity index is 0. The molecule has 0 aliphatic rings. The number of thioether (sulfide) groups is 1. The van der Waals surface area contributed by atoms with Gasteiger partial charge >= 0.3 is 0 Å². The number of hydrogen-bond acceptors (Lipinski definition) is 3.